The van der Waals surface area contributed by atoms with Crippen molar-refractivity contribution in [1.82, 2.24) is 4.98 Å². The van der Waals surface area contributed by atoms with Crippen molar-refractivity contribution in [3.8, 4) is 11.6 Å². The summed E-state index contributed by atoms with van der Waals surface area (Å²) in [5.74, 6) is -3.84. The number of pyridine rings is 1. The summed E-state index contributed by atoms with van der Waals surface area (Å²) in [6.07, 6.45) is -6.16. The summed E-state index contributed by atoms with van der Waals surface area (Å²) in [7, 11) is 0. The topological polar surface area (TPSA) is 123 Å². The average molecular weight is 282 g/mol. The second-order valence-corrected chi connectivity index (χ2v) is 3.15. The maximum Gasteiger partial charge on any atom is 0.574 e. The zero-order chi connectivity index (χ0) is 14.8. The zero-order valence-corrected chi connectivity index (χ0v) is 8.84. The van der Waals surface area contributed by atoms with Crippen molar-refractivity contribution in [2.24, 2.45) is 0 Å². The zero-order valence-electron chi connectivity index (χ0n) is 8.84. The minimum absolute atomic E-state index is 0.340. The van der Waals surface area contributed by atoms with Gasteiger partial charge in [0.2, 0.25) is 0 Å². The Morgan fingerprint density at radius 3 is 2.53 bits per heavy atom. The van der Waals surface area contributed by atoms with Gasteiger partial charge < -0.3 is 14.9 Å². The summed E-state index contributed by atoms with van der Waals surface area (Å²) in [4.78, 5) is 22.6. The van der Waals surface area contributed by atoms with E-state index in [1.807, 2.05) is 0 Å². The number of ether oxygens (including phenoxy) is 1. The highest BCUT2D eigenvalue weighted by molar-refractivity contribution is 5.71. The number of carboxylic acid groups (broad SMARTS) is 1. The van der Waals surface area contributed by atoms with E-state index in [0.717, 1.165) is 0 Å². The Kier molecular flexibility index (Phi) is 3.77. The first kappa shape index (κ1) is 14.5. The Morgan fingerprint density at radius 2 is 2.11 bits per heavy atom. The van der Waals surface area contributed by atoms with Crippen molar-refractivity contribution >= 4 is 11.7 Å². The van der Waals surface area contributed by atoms with Gasteiger partial charge in [-0.25, -0.2) is 4.98 Å². The molecule has 0 aliphatic carbocycles. The first-order valence-corrected chi connectivity index (χ1v) is 4.45. The molecule has 19 heavy (non-hydrogen) atoms. The molecule has 0 radical (unpaired) electrons. The Morgan fingerprint density at radius 1 is 1.53 bits per heavy atom. The molecular formula is C8H5F3N2O6. The van der Waals surface area contributed by atoms with Crippen LogP contribution >= 0.6 is 0 Å². The standard InChI is InChI=1S/C8H5F3N2O6/c9-8(10,11)19-7-4(13(17)18)2-5(14)3(12-7)1-6(15)16/h2,14H,1H2,(H,15,16). The van der Waals surface area contributed by atoms with Crippen molar-refractivity contribution in [1.29, 1.82) is 0 Å². The highest BCUT2D eigenvalue weighted by Crippen LogP contribution is 2.34. The summed E-state index contributed by atoms with van der Waals surface area (Å²) in [6, 6.07) is 0.340. The van der Waals surface area contributed by atoms with Crippen molar-refractivity contribution in [2.45, 2.75) is 12.8 Å². The smallest absolute Gasteiger partial charge is 0.506 e. The van der Waals surface area contributed by atoms with Gasteiger partial charge in [0.05, 0.1) is 23.1 Å². The molecule has 1 heterocycles. The van der Waals surface area contributed by atoms with Crippen LogP contribution in [0, 0.1) is 10.1 Å². The number of carbonyl (C=O) groups is 1. The molecule has 0 amide bonds. The summed E-state index contributed by atoms with van der Waals surface area (Å²) in [6.45, 7) is 0. The van der Waals surface area contributed by atoms with Crippen LogP contribution in [-0.2, 0) is 11.2 Å². The molecule has 8 nitrogen and oxygen atoms in total. The number of hydrogen-bond donors (Lipinski definition) is 2. The van der Waals surface area contributed by atoms with Crippen LogP contribution in [0.25, 0.3) is 0 Å². The van der Waals surface area contributed by atoms with E-state index in [4.69, 9.17) is 5.11 Å². The van der Waals surface area contributed by atoms with Crippen molar-refractivity contribution in [3.05, 3.63) is 21.9 Å². The quantitative estimate of drug-likeness (QED) is 0.628. The van der Waals surface area contributed by atoms with Crippen LogP contribution in [0.2, 0.25) is 0 Å². The Bertz CT molecular complexity index is 530. The molecule has 1 aromatic rings. The lowest BCUT2D eigenvalue weighted by molar-refractivity contribution is -0.389. The number of halogens is 3. The number of aliphatic carboxylic acids is 1. The Balaban J connectivity index is 3.31. The summed E-state index contributed by atoms with van der Waals surface area (Å²) >= 11 is 0. The minimum Gasteiger partial charge on any atom is -0.506 e. The molecule has 0 spiro atoms. The summed E-state index contributed by atoms with van der Waals surface area (Å²) < 4.78 is 39.4. The van der Waals surface area contributed by atoms with Crippen LogP contribution in [0.1, 0.15) is 5.69 Å². The fourth-order valence-corrected chi connectivity index (χ4v) is 1.10. The fourth-order valence-electron chi connectivity index (χ4n) is 1.10. The van der Waals surface area contributed by atoms with Gasteiger partial charge >= 0.3 is 23.9 Å². The van der Waals surface area contributed by atoms with Crippen molar-refractivity contribution in [2.75, 3.05) is 0 Å². The van der Waals surface area contributed by atoms with Gasteiger partial charge in [0.25, 0.3) is 0 Å². The third kappa shape index (κ3) is 3.97. The lowest BCUT2D eigenvalue weighted by Gasteiger charge is -2.09. The van der Waals surface area contributed by atoms with Gasteiger partial charge in [-0.3, -0.25) is 14.9 Å². The lowest BCUT2D eigenvalue weighted by atomic mass is 10.2. The first-order chi connectivity index (χ1) is 8.60. The summed E-state index contributed by atoms with van der Waals surface area (Å²) in [5, 5.41) is 28.2. The van der Waals surface area contributed by atoms with E-state index in [-0.39, 0.29) is 0 Å². The molecule has 0 aromatic carbocycles. The highest BCUT2D eigenvalue weighted by Gasteiger charge is 2.36. The largest absolute Gasteiger partial charge is 0.574 e. The molecule has 0 aliphatic heterocycles. The number of carboxylic acids is 1. The molecule has 2 N–H and O–H groups in total. The van der Waals surface area contributed by atoms with Crippen LogP contribution < -0.4 is 4.74 Å². The highest BCUT2D eigenvalue weighted by atomic mass is 19.4. The Labute approximate surface area is 102 Å². The van der Waals surface area contributed by atoms with Crippen LogP contribution in [-0.4, -0.2) is 32.5 Å². The molecule has 0 atom stereocenters. The van der Waals surface area contributed by atoms with E-state index >= 15 is 0 Å². The fraction of sp³-hybridized carbons (Fsp3) is 0.250. The van der Waals surface area contributed by atoms with Gasteiger partial charge in [0.15, 0.2) is 0 Å². The molecule has 104 valence electrons. The number of rotatable bonds is 4. The number of alkyl halides is 3. The van der Waals surface area contributed by atoms with Crippen LogP contribution in [0.3, 0.4) is 0 Å². The molecular weight excluding hydrogens is 277 g/mol. The number of nitro groups is 1. The van der Waals surface area contributed by atoms with Gasteiger partial charge in [-0.15, -0.1) is 13.2 Å². The predicted molar refractivity (Wildman–Crippen MR) is 50.6 cm³/mol. The molecule has 1 rings (SSSR count). The molecule has 0 unspecified atom stereocenters. The summed E-state index contributed by atoms with van der Waals surface area (Å²) in [5.41, 5.74) is -1.92. The van der Waals surface area contributed by atoms with E-state index in [1.54, 1.807) is 0 Å². The molecule has 0 saturated heterocycles. The second kappa shape index (κ2) is 4.96. The maximum atomic E-state index is 12.0. The van der Waals surface area contributed by atoms with E-state index < -0.39 is 46.7 Å². The van der Waals surface area contributed by atoms with Crippen LogP contribution in [0.15, 0.2) is 6.07 Å². The average Bonchev–Trinajstić information content (AvgIpc) is 2.19. The Hall–Kier alpha value is -2.59. The van der Waals surface area contributed by atoms with E-state index in [0.29, 0.717) is 6.07 Å². The molecule has 1 aromatic heterocycles. The van der Waals surface area contributed by atoms with Crippen molar-refractivity contribution < 1.29 is 37.8 Å². The van der Waals surface area contributed by atoms with Crippen LogP contribution in [0.4, 0.5) is 18.9 Å². The van der Waals surface area contributed by atoms with Gasteiger partial charge in [-0.2, -0.15) is 0 Å². The molecule has 0 saturated carbocycles. The minimum atomic E-state index is -5.24. The van der Waals surface area contributed by atoms with E-state index in [2.05, 4.69) is 9.72 Å². The van der Waals surface area contributed by atoms with Gasteiger partial charge in [-0.05, 0) is 0 Å². The third-order valence-electron chi connectivity index (χ3n) is 1.75. The maximum absolute atomic E-state index is 12.0. The number of aromatic nitrogens is 1. The SMILES string of the molecule is O=C(O)Cc1nc(OC(F)(F)F)c([N+](=O)[O-])cc1O. The monoisotopic (exact) mass is 282 g/mol. The normalized spacial score (nSPS) is 11.1. The number of nitrogens with zero attached hydrogens (tertiary/aromatic N) is 2. The molecule has 0 fully saturated rings. The predicted octanol–water partition coefficient (Wildman–Crippen LogP) is 1.22. The van der Waals surface area contributed by atoms with E-state index in [1.165, 1.54) is 0 Å². The van der Waals surface area contributed by atoms with E-state index in [9.17, 15) is 33.2 Å². The second-order valence-electron chi connectivity index (χ2n) is 3.15. The van der Waals surface area contributed by atoms with Gasteiger partial charge in [0.1, 0.15) is 5.75 Å². The number of aromatic hydroxyl groups is 1. The molecule has 11 heteroatoms. The first-order valence-electron chi connectivity index (χ1n) is 4.45. The van der Waals surface area contributed by atoms with Gasteiger partial charge in [0, 0.05) is 0 Å². The molecule has 0 bridgehead atoms. The van der Waals surface area contributed by atoms with Crippen LogP contribution in [0.5, 0.6) is 11.6 Å². The lowest BCUT2D eigenvalue weighted by Crippen LogP contribution is -2.19. The number of hydrogen-bond acceptors (Lipinski definition) is 6. The molecule has 0 aliphatic rings. The van der Waals surface area contributed by atoms with Gasteiger partial charge in [-0.1, -0.05) is 0 Å². The van der Waals surface area contributed by atoms with Crippen molar-refractivity contribution in [3.63, 3.8) is 0 Å². The third-order valence-corrected chi connectivity index (χ3v) is 1.75.